The highest BCUT2D eigenvalue weighted by Crippen LogP contribution is 2.41. The smallest absolute Gasteiger partial charge is 0.255 e. The molecule has 2 aromatic carbocycles. The molecule has 1 aliphatic heterocycles. The summed E-state index contributed by atoms with van der Waals surface area (Å²) < 4.78 is 0. The van der Waals surface area contributed by atoms with Gasteiger partial charge in [0, 0.05) is 17.0 Å². The van der Waals surface area contributed by atoms with Gasteiger partial charge >= 0.3 is 0 Å². The molecule has 0 bridgehead atoms. The topological polar surface area (TPSA) is 49.4 Å². The lowest BCUT2D eigenvalue weighted by atomic mass is 9.94. The van der Waals surface area contributed by atoms with Crippen molar-refractivity contribution >= 4 is 29.3 Å². The second kappa shape index (κ2) is 8.23. The number of benzene rings is 2. The summed E-state index contributed by atoms with van der Waals surface area (Å²) in [4.78, 5) is 28.5. The first-order valence-corrected chi connectivity index (χ1v) is 11.0. The maximum atomic E-state index is 13.5. The van der Waals surface area contributed by atoms with Gasteiger partial charge in [-0.2, -0.15) is 0 Å². The molecular formula is C24H30N2O2S. The summed E-state index contributed by atoms with van der Waals surface area (Å²) in [6.07, 6.45) is 0. The molecule has 29 heavy (non-hydrogen) atoms. The van der Waals surface area contributed by atoms with Gasteiger partial charge in [0.05, 0.1) is 5.37 Å². The third-order valence-electron chi connectivity index (χ3n) is 5.43. The number of nitrogens with one attached hydrogen (secondary N) is 1. The van der Waals surface area contributed by atoms with Gasteiger partial charge in [-0.1, -0.05) is 45.0 Å². The number of carbonyl (C=O) groups is 2. The SMILES string of the molecule is Cc1ccc(NC(=O)C2CSC(C(C)(C)C)N2C(=O)c2ccccc2C)cc1C. The highest BCUT2D eigenvalue weighted by atomic mass is 32.2. The van der Waals surface area contributed by atoms with Crippen LogP contribution in [0, 0.1) is 26.2 Å². The molecule has 0 aliphatic carbocycles. The van der Waals surface area contributed by atoms with E-state index >= 15 is 0 Å². The van der Waals surface area contributed by atoms with E-state index in [1.807, 2.05) is 63.2 Å². The average molecular weight is 411 g/mol. The van der Waals surface area contributed by atoms with Gasteiger partial charge in [0.1, 0.15) is 6.04 Å². The van der Waals surface area contributed by atoms with Crippen molar-refractivity contribution in [2.45, 2.75) is 53.0 Å². The predicted octanol–water partition coefficient (Wildman–Crippen LogP) is 5.18. The quantitative estimate of drug-likeness (QED) is 0.758. The largest absolute Gasteiger partial charge is 0.324 e. The van der Waals surface area contributed by atoms with E-state index in [1.165, 1.54) is 5.56 Å². The lowest BCUT2D eigenvalue weighted by Gasteiger charge is -2.36. The van der Waals surface area contributed by atoms with Crippen molar-refractivity contribution in [2.24, 2.45) is 5.41 Å². The third-order valence-corrected chi connectivity index (χ3v) is 7.19. The zero-order valence-electron chi connectivity index (χ0n) is 18.1. The number of rotatable bonds is 3. The zero-order valence-corrected chi connectivity index (χ0v) is 18.9. The van der Waals surface area contributed by atoms with Crippen LogP contribution in [-0.4, -0.2) is 33.9 Å². The van der Waals surface area contributed by atoms with Crippen LogP contribution in [-0.2, 0) is 4.79 Å². The summed E-state index contributed by atoms with van der Waals surface area (Å²) in [5.41, 5.74) is 4.53. The van der Waals surface area contributed by atoms with Crippen molar-refractivity contribution in [3.8, 4) is 0 Å². The first kappa shape index (κ1) is 21.4. The fourth-order valence-electron chi connectivity index (χ4n) is 3.62. The van der Waals surface area contributed by atoms with Gasteiger partial charge in [-0.25, -0.2) is 0 Å². The first-order chi connectivity index (χ1) is 13.6. The highest BCUT2D eigenvalue weighted by Gasteiger charge is 2.46. The van der Waals surface area contributed by atoms with Crippen LogP contribution in [0.1, 0.15) is 47.8 Å². The summed E-state index contributed by atoms with van der Waals surface area (Å²) in [7, 11) is 0. The number of aryl methyl sites for hydroxylation is 3. The van der Waals surface area contributed by atoms with Gasteiger partial charge < -0.3 is 10.2 Å². The standard InChI is InChI=1S/C24H30N2O2S/c1-15-11-12-18(13-17(15)3)25-21(27)20-14-29-23(24(4,5)6)26(20)22(28)19-10-8-7-9-16(19)2/h7-13,20,23H,14H2,1-6H3,(H,25,27). The van der Waals surface area contributed by atoms with E-state index in [4.69, 9.17) is 0 Å². The molecule has 1 heterocycles. The zero-order chi connectivity index (χ0) is 21.3. The Hall–Kier alpha value is -2.27. The van der Waals surface area contributed by atoms with Crippen molar-refractivity contribution in [3.63, 3.8) is 0 Å². The molecule has 0 saturated carbocycles. The van der Waals surface area contributed by atoms with Gasteiger partial charge in [-0.3, -0.25) is 9.59 Å². The molecular weight excluding hydrogens is 380 g/mol. The van der Waals surface area contributed by atoms with E-state index < -0.39 is 6.04 Å². The molecule has 3 rings (SSSR count). The van der Waals surface area contributed by atoms with E-state index in [1.54, 1.807) is 16.7 Å². The van der Waals surface area contributed by atoms with Crippen LogP contribution in [0.15, 0.2) is 42.5 Å². The van der Waals surface area contributed by atoms with E-state index in [-0.39, 0.29) is 22.6 Å². The fraction of sp³-hybridized carbons (Fsp3) is 0.417. The average Bonchev–Trinajstić information content (AvgIpc) is 3.10. The molecule has 0 radical (unpaired) electrons. The molecule has 1 N–H and O–H groups in total. The van der Waals surface area contributed by atoms with Crippen molar-refractivity contribution in [1.29, 1.82) is 0 Å². The summed E-state index contributed by atoms with van der Waals surface area (Å²) in [6.45, 7) is 12.4. The van der Waals surface area contributed by atoms with Crippen LogP contribution < -0.4 is 5.32 Å². The van der Waals surface area contributed by atoms with Crippen LogP contribution >= 0.6 is 11.8 Å². The Morgan fingerprint density at radius 1 is 1.00 bits per heavy atom. The molecule has 5 heteroatoms. The molecule has 1 fully saturated rings. The van der Waals surface area contributed by atoms with Gasteiger partial charge in [-0.05, 0) is 61.1 Å². The molecule has 2 amide bonds. The molecule has 1 saturated heterocycles. The number of carbonyl (C=O) groups excluding carboxylic acids is 2. The van der Waals surface area contributed by atoms with Crippen molar-refractivity contribution in [1.82, 2.24) is 4.90 Å². The van der Waals surface area contributed by atoms with E-state index in [9.17, 15) is 9.59 Å². The van der Waals surface area contributed by atoms with Gasteiger partial charge in [0.15, 0.2) is 0 Å². The minimum absolute atomic E-state index is 0.0647. The van der Waals surface area contributed by atoms with Crippen LogP contribution in [0.4, 0.5) is 5.69 Å². The first-order valence-electron chi connectivity index (χ1n) is 9.97. The Morgan fingerprint density at radius 2 is 1.69 bits per heavy atom. The number of thioether (sulfide) groups is 1. The second-order valence-electron chi connectivity index (χ2n) is 8.88. The molecule has 0 spiro atoms. The number of anilines is 1. The van der Waals surface area contributed by atoms with Gasteiger partial charge in [0.25, 0.3) is 5.91 Å². The van der Waals surface area contributed by atoms with Crippen molar-refractivity contribution in [2.75, 3.05) is 11.1 Å². The Bertz CT molecular complexity index is 933. The highest BCUT2D eigenvalue weighted by molar-refractivity contribution is 8.00. The molecule has 2 atom stereocenters. The molecule has 0 aromatic heterocycles. The lowest BCUT2D eigenvalue weighted by Crippen LogP contribution is -2.51. The second-order valence-corrected chi connectivity index (χ2v) is 10.00. The summed E-state index contributed by atoms with van der Waals surface area (Å²) >= 11 is 1.68. The lowest BCUT2D eigenvalue weighted by molar-refractivity contribution is -0.120. The maximum Gasteiger partial charge on any atom is 0.255 e. The molecule has 1 aliphatic rings. The minimum atomic E-state index is -0.502. The van der Waals surface area contributed by atoms with Crippen LogP contribution in [0.3, 0.4) is 0 Å². The fourth-order valence-corrected chi connectivity index (χ4v) is 5.20. The van der Waals surface area contributed by atoms with Gasteiger partial charge in [-0.15, -0.1) is 11.8 Å². The Balaban J connectivity index is 1.91. The molecule has 2 aromatic rings. The minimum Gasteiger partial charge on any atom is -0.324 e. The number of hydrogen-bond donors (Lipinski definition) is 1. The van der Waals surface area contributed by atoms with Crippen LogP contribution in [0.5, 0.6) is 0 Å². The van der Waals surface area contributed by atoms with Crippen molar-refractivity contribution in [3.05, 3.63) is 64.7 Å². The Kier molecular flexibility index (Phi) is 6.08. The summed E-state index contributed by atoms with van der Waals surface area (Å²) in [5, 5.41) is 2.96. The van der Waals surface area contributed by atoms with E-state index in [0.29, 0.717) is 11.3 Å². The molecule has 154 valence electrons. The molecule has 2 unspecified atom stereocenters. The normalized spacial score (nSPS) is 19.3. The third kappa shape index (κ3) is 4.50. The van der Waals surface area contributed by atoms with E-state index in [0.717, 1.165) is 16.8 Å². The predicted molar refractivity (Wildman–Crippen MR) is 121 cm³/mol. The van der Waals surface area contributed by atoms with Crippen LogP contribution in [0.25, 0.3) is 0 Å². The Morgan fingerprint density at radius 3 is 2.31 bits per heavy atom. The van der Waals surface area contributed by atoms with Gasteiger partial charge in [0.2, 0.25) is 5.91 Å². The summed E-state index contributed by atoms with van der Waals surface area (Å²) in [6, 6.07) is 13.0. The van der Waals surface area contributed by atoms with E-state index in [2.05, 4.69) is 26.1 Å². The number of nitrogens with zero attached hydrogens (tertiary/aromatic N) is 1. The Labute approximate surface area is 178 Å². The van der Waals surface area contributed by atoms with Crippen LogP contribution in [0.2, 0.25) is 0 Å². The summed E-state index contributed by atoms with van der Waals surface area (Å²) in [5.74, 6) is 0.388. The van der Waals surface area contributed by atoms with Crippen molar-refractivity contribution < 1.29 is 9.59 Å². The maximum absolute atomic E-state index is 13.5. The molecule has 4 nitrogen and oxygen atoms in total. The monoisotopic (exact) mass is 410 g/mol. The number of hydrogen-bond acceptors (Lipinski definition) is 3. The number of amides is 2.